The van der Waals surface area contributed by atoms with Gasteiger partial charge >= 0.3 is 0 Å². The normalized spacial score (nSPS) is 19.6. The molecule has 0 aromatic carbocycles. The zero-order valence-corrected chi connectivity index (χ0v) is 10.9. The van der Waals surface area contributed by atoms with Crippen molar-refractivity contribution in [1.82, 2.24) is 10.6 Å². The minimum absolute atomic E-state index is 0.0177. The predicted octanol–water partition coefficient (Wildman–Crippen LogP) is 1.19. The van der Waals surface area contributed by atoms with Gasteiger partial charge in [0, 0.05) is 13.1 Å². The van der Waals surface area contributed by atoms with Crippen LogP contribution in [0.5, 0.6) is 0 Å². The molecular weight excluding hydrogens is 216 g/mol. The molecule has 3 N–H and O–H groups in total. The zero-order chi connectivity index (χ0) is 12.6. The van der Waals surface area contributed by atoms with Crippen molar-refractivity contribution in [3.05, 3.63) is 0 Å². The summed E-state index contributed by atoms with van der Waals surface area (Å²) in [5.41, 5.74) is -0.596. The maximum absolute atomic E-state index is 11.4. The van der Waals surface area contributed by atoms with E-state index in [4.69, 9.17) is 0 Å². The maximum Gasteiger partial charge on any atom is 0.233 e. The van der Waals surface area contributed by atoms with Gasteiger partial charge in [0.15, 0.2) is 0 Å². The Balaban J connectivity index is 2.17. The molecule has 1 amide bonds. The highest BCUT2D eigenvalue weighted by Crippen LogP contribution is 2.26. The maximum atomic E-state index is 11.4. The molecule has 0 saturated heterocycles. The molecule has 0 aromatic rings. The van der Waals surface area contributed by atoms with Gasteiger partial charge < -0.3 is 15.7 Å². The third-order valence-corrected chi connectivity index (χ3v) is 3.35. The number of carbonyl (C=O) groups is 1. The minimum Gasteiger partial charge on any atom is -0.389 e. The van der Waals surface area contributed by atoms with Crippen molar-refractivity contribution in [2.45, 2.75) is 57.5 Å². The average molecular weight is 242 g/mol. The second-order valence-electron chi connectivity index (χ2n) is 5.09. The van der Waals surface area contributed by atoms with E-state index in [9.17, 15) is 9.90 Å². The van der Waals surface area contributed by atoms with Crippen molar-refractivity contribution in [3.63, 3.8) is 0 Å². The van der Waals surface area contributed by atoms with Crippen molar-refractivity contribution < 1.29 is 9.90 Å². The number of carbonyl (C=O) groups excluding carboxylic acids is 1. The summed E-state index contributed by atoms with van der Waals surface area (Å²) >= 11 is 0. The molecule has 0 aliphatic heterocycles. The molecule has 0 unspecified atom stereocenters. The molecule has 1 saturated carbocycles. The lowest BCUT2D eigenvalue weighted by atomic mass is 9.94. The Morgan fingerprint density at radius 3 is 2.47 bits per heavy atom. The van der Waals surface area contributed by atoms with Gasteiger partial charge in [-0.1, -0.05) is 32.6 Å². The zero-order valence-electron chi connectivity index (χ0n) is 10.9. The van der Waals surface area contributed by atoms with Crippen LogP contribution in [0.15, 0.2) is 0 Å². The van der Waals surface area contributed by atoms with Gasteiger partial charge in [0.2, 0.25) is 5.91 Å². The number of hydrogen-bond acceptors (Lipinski definition) is 3. The number of rotatable bonds is 6. The van der Waals surface area contributed by atoms with Crippen LogP contribution in [0.25, 0.3) is 0 Å². The van der Waals surface area contributed by atoms with Gasteiger partial charge in [0.05, 0.1) is 12.1 Å². The Labute approximate surface area is 104 Å². The molecule has 0 aromatic heterocycles. The van der Waals surface area contributed by atoms with Crippen LogP contribution in [-0.4, -0.2) is 36.2 Å². The Hall–Kier alpha value is -0.610. The standard InChI is InChI=1S/C13H26N2O2/c1-2-9-15-12(16)10-14-11-13(17)7-5-3-4-6-8-13/h14,17H,2-11H2,1H3,(H,15,16). The second-order valence-corrected chi connectivity index (χ2v) is 5.09. The van der Waals surface area contributed by atoms with E-state index in [1.807, 2.05) is 6.92 Å². The van der Waals surface area contributed by atoms with E-state index >= 15 is 0 Å². The Morgan fingerprint density at radius 1 is 1.24 bits per heavy atom. The van der Waals surface area contributed by atoms with Crippen molar-refractivity contribution in [3.8, 4) is 0 Å². The van der Waals surface area contributed by atoms with Crippen LogP contribution < -0.4 is 10.6 Å². The number of aliphatic hydroxyl groups is 1. The molecule has 0 atom stereocenters. The van der Waals surface area contributed by atoms with Crippen LogP contribution in [-0.2, 0) is 4.79 Å². The quantitative estimate of drug-likeness (QED) is 0.613. The lowest BCUT2D eigenvalue weighted by molar-refractivity contribution is -0.120. The van der Waals surface area contributed by atoms with Crippen LogP contribution in [0, 0.1) is 0 Å². The largest absolute Gasteiger partial charge is 0.389 e. The van der Waals surface area contributed by atoms with Crippen LogP contribution in [0.1, 0.15) is 51.9 Å². The average Bonchev–Trinajstić information content (AvgIpc) is 2.52. The van der Waals surface area contributed by atoms with Crippen molar-refractivity contribution in [2.24, 2.45) is 0 Å². The second kappa shape index (κ2) is 7.67. The summed E-state index contributed by atoms with van der Waals surface area (Å²) in [6.45, 7) is 3.60. The summed E-state index contributed by atoms with van der Waals surface area (Å²) in [6, 6.07) is 0. The SMILES string of the molecule is CCCNC(=O)CNCC1(O)CCCCCC1. The molecule has 0 radical (unpaired) electrons. The first-order chi connectivity index (χ1) is 8.16. The molecule has 1 aliphatic carbocycles. The summed E-state index contributed by atoms with van der Waals surface area (Å²) in [5, 5.41) is 16.2. The van der Waals surface area contributed by atoms with E-state index in [0.29, 0.717) is 13.1 Å². The van der Waals surface area contributed by atoms with Gasteiger partial charge in [-0.25, -0.2) is 0 Å². The Morgan fingerprint density at radius 2 is 1.88 bits per heavy atom. The summed E-state index contributed by atoms with van der Waals surface area (Å²) in [4.78, 5) is 11.4. The molecule has 4 heteroatoms. The van der Waals surface area contributed by atoms with Crippen molar-refractivity contribution in [2.75, 3.05) is 19.6 Å². The highest BCUT2D eigenvalue weighted by atomic mass is 16.3. The van der Waals surface area contributed by atoms with Crippen molar-refractivity contribution >= 4 is 5.91 Å². The molecule has 17 heavy (non-hydrogen) atoms. The summed E-state index contributed by atoms with van der Waals surface area (Å²) in [6.07, 6.45) is 7.31. The van der Waals surface area contributed by atoms with E-state index < -0.39 is 5.60 Å². The fraction of sp³-hybridized carbons (Fsp3) is 0.923. The van der Waals surface area contributed by atoms with Gasteiger partial charge in [0.1, 0.15) is 0 Å². The molecule has 4 nitrogen and oxygen atoms in total. The summed E-state index contributed by atoms with van der Waals surface area (Å²) in [5.74, 6) is 0.0177. The van der Waals surface area contributed by atoms with Gasteiger partial charge in [-0.3, -0.25) is 4.79 Å². The molecule has 0 spiro atoms. The molecule has 1 rings (SSSR count). The van der Waals surface area contributed by atoms with Gasteiger partial charge in [0.25, 0.3) is 0 Å². The van der Waals surface area contributed by atoms with Crippen LogP contribution in [0.2, 0.25) is 0 Å². The summed E-state index contributed by atoms with van der Waals surface area (Å²) < 4.78 is 0. The molecule has 1 aliphatic rings. The monoisotopic (exact) mass is 242 g/mol. The van der Waals surface area contributed by atoms with Gasteiger partial charge in [-0.05, 0) is 19.3 Å². The molecule has 1 fully saturated rings. The number of amides is 1. The molecule has 0 bridgehead atoms. The lowest BCUT2D eigenvalue weighted by Gasteiger charge is -2.26. The van der Waals surface area contributed by atoms with Crippen LogP contribution >= 0.6 is 0 Å². The minimum atomic E-state index is -0.596. The van der Waals surface area contributed by atoms with Crippen LogP contribution in [0.3, 0.4) is 0 Å². The van der Waals surface area contributed by atoms with Crippen LogP contribution in [0.4, 0.5) is 0 Å². The van der Waals surface area contributed by atoms with Crippen molar-refractivity contribution in [1.29, 1.82) is 0 Å². The third-order valence-electron chi connectivity index (χ3n) is 3.35. The van der Waals surface area contributed by atoms with Gasteiger partial charge in [-0.2, -0.15) is 0 Å². The number of nitrogens with one attached hydrogen (secondary N) is 2. The highest BCUT2D eigenvalue weighted by molar-refractivity contribution is 5.77. The van der Waals surface area contributed by atoms with E-state index in [-0.39, 0.29) is 5.91 Å². The van der Waals surface area contributed by atoms with E-state index in [1.54, 1.807) is 0 Å². The predicted molar refractivity (Wildman–Crippen MR) is 68.8 cm³/mol. The first kappa shape index (κ1) is 14.5. The molecule has 100 valence electrons. The molecule has 0 heterocycles. The smallest absolute Gasteiger partial charge is 0.233 e. The third kappa shape index (κ3) is 6.03. The van der Waals surface area contributed by atoms with E-state index in [1.165, 1.54) is 12.8 Å². The Bertz CT molecular complexity index is 223. The fourth-order valence-corrected chi connectivity index (χ4v) is 2.30. The van der Waals surface area contributed by atoms with E-state index in [0.717, 1.165) is 38.6 Å². The summed E-state index contributed by atoms with van der Waals surface area (Å²) in [7, 11) is 0. The fourth-order valence-electron chi connectivity index (χ4n) is 2.30. The Kier molecular flexibility index (Phi) is 6.52. The number of hydrogen-bond donors (Lipinski definition) is 3. The van der Waals surface area contributed by atoms with E-state index in [2.05, 4.69) is 10.6 Å². The first-order valence-electron chi connectivity index (χ1n) is 6.86. The lowest BCUT2D eigenvalue weighted by Crippen LogP contribution is -2.44. The molecular formula is C13H26N2O2. The highest BCUT2D eigenvalue weighted by Gasteiger charge is 2.27. The first-order valence-corrected chi connectivity index (χ1v) is 6.86. The van der Waals surface area contributed by atoms with Gasteiger partial charge in [-0.15, -0.1) is 0 Å². The topological polar surface area (TPSA) is 61.4 Å².